The number of esters is 1. The summed E-state index contributed by atoms with van der Waals surface area (Å²) < 4.78 is 9.95. The SMILES string of the molecule is COC(=O)/C(OC1=CC(=O)CC(c2cccs2)C1)=C(/C)O. The van der Waals surface area contributed by atoms with Crippen LogP contribution in [0.3, 0.4) is 0 Å². The van der Waals surface area contributed by atoms with Crippen molar-refractivity contribution in [3.05, 3.63) is 45.7 Å². The van der Waals surface area contributed by atoms with E-state index in [1.807, 2.05) is 17.5 Å². The van der Waals surface area contributed by atoms with Crippen LogP contribution in [-0.4, -0.2) is 24.0 Å². The first-order valence-electron chi connectivity index (χ1n) is 6.44. The number of methoxy groups -OCH3 is 1. The van der Waals surface area contributed by atoms with E-state index in [2.05, 4.69) is 4.74 Å². The van der Waals surface area contributed by atoms with Crippen LogP contribution in [0.25, 0.3) is 0 Å². The minimum absolute atomic E-state index is 0.0374. The zero-order chi connectivity index (χ0) is 15.4. The molecule has 0 spiro atoms. The molecule has 1 heterocycles. The van der Waals surface area contributed by atoms with Gasteiger partial charge in [0.1, 0.15) is 11.5 Å². The first-order chi connectivity index (χ1) is 10.0. The third kappa shape index (κ3) is 3.72. The Bertz CT molecular complexity index is 594. The summed E-state index contributed by atoms with van der Waals surface area (Å²) in [6.45, 7) is 1.33. The van der Waals surface area contributed by atoms with Crippen molar-refractivity contribution >= 4 is 23.1 Å². The Morgan fingerprint density at radius 2 is 2.19 bits per heavy atom. The first-order valence-corrected chi connectivity index (χ1v) is 7.32. The van der Waals surface area contributed by atoms with E-state index in [4.69, 9.17) is 4.74 Å². The van der Waals surface area contributed by atoms with Gasteiger partial charge in [0.25, 0.3) is 0 Å². The summed E-state index contributed by atoms with van der Waals surface area (Å²) in [6.07, 6.45) is 2.29. The van der Waals surface area contributed by atoms with Crippen LogP contribution in [0.1, 0.15) is 30.6 Å². The van der Waals surface area contributed by atoms with Gasteiger partial charge >= 0.3 is 5.97 Å². The number of aliphatic hydroxyl groups is 1. The molecular formula is C15H16O5S. The van der Waals surface area contributed by atoms with Crippen LogP contribution < -0.4 is 0 Å². The Morgan fingerprint density at radius 3 is 2.76 bits per heavy atom. The highest BCUT2D eigenvalue weighted by Crippen LogP contribution is 2.35. The highest BCUT2D eigenvalue weighted by atomic mass is 32.1. The molecule has 1 N–H and O–H groups in total. The lowest BCUT2D eigenvalue weighted by Crippen LogP contribution is -2.16. The maximum atomic E-state index is 11.8. The number of aliphatic hydroxyl groups excluding tert-OH is 1. The molecule has 0 bridgehead atoms. The number of rotatable bonds is 4. The zero-order valence-electron chi connectivity index (χ0n) is 11.8. The largest absolute Gasteiger partial charge is 0.508 e. The van der Waals surface area contributed by atoms with Crippen LogP contribution in [0.5, 0.6) is 0 Å². The topological polar surface area (TPSA) is 72.8 Å². The van der Waals surface area contributed by atoms with Crippen LogP contribution in [0.2, 0.25) is 0 Å². The molecule has 112 valence electrons. The van der Waals surface area contributed by atoms with Gasteiger partial charge in [-0.3, -0.25) is 4.79 Å². The predicted molar refractivity (Wildman–Crippen MR) is 77.8 cm³/mol. The van der Waals surface area contributed by atoms with E-state index in [1.54, 1.807) is 11.3 Å². The first kappa shape index (κ1) is 15.3. The molecule has 0 amide bonds. The van der Waals surface area contributed by atoms with Crippen molar-refractivity contribution in [1.29, 1.82) is 0 Å². The molecular weight excluding hydrogens is 292 g/mol. The van der Waals surface area contributed by atoms with Crippen LogP contribution in [-0.2, 0) is 19.1 Å². The average Bonchev–Trinajstić information content (AvgIpc) is 2.97. The van der Waals surface area contributed by atoms with Crippen LogP contribution in [0, 0.1) is 0 Å². The van der Waals surface area contributed by atoms with Crippen molar-refractivity contribution in [3.63, 3.8) is 0 Å². The van der Waals surface area contributed by atoms with Gasteiger partial charge in [-0.2, -0.15) is 0 Å². The van der Waals surface area contributed by atoms with Gasteiger partial charge in [-0.05, 0) is 18.4 Å². The van der Waals surface area contributed by atoms with Crippen molar-refractivity contribution < 1.29 is 24.2 Å². The van der Waals surface area contributed by atoms with Gasteiger partial charge in [-0.25, -0.2) is 4.79 Å². The second-order valence-electron chi connectivity index (χ2n) is 4.71. The van der Waals surface area contributed by atoms with E-state index < -0.39 is 5.97 Å². The molecule has 21 heavy (non-hydrogen) atoms. The highest BCUT2D eigenvalue weighted by Gasteiger charge is 2.26. The lowest BCUT2D eigenvalue weighted by atomic mass is 9.91. The number of allylic oxidation sites excluding steroid dienone is 3. The summed E-state index contributed by atoms with van der Waals surface area (Å²) in [5, 5.41) is 11.5. The number of thiophene rings is 1. The number of ketones is 1. The summed E-state index contributed by atoms with van der Waals surface area (Å²) in [4.78, 5) is 24.5. The van der Waals surface area contributed by atoms with Gasteiger partial charge in [-0.15, -0.1) is 11.3 Å². The third-order valence-electron chi connectivity index (χ3n) is 3.10. The van der Waals surface area contributed by atoms with Crippen LogP contribution in [0.4, 0.5) is 0 Å². The number of hydrogen-bond donors (Lipinski definition) is 1. The molecule has 1 atom stereocenters. The number of carbonyl (C=O) groups is 2. The monoisotopic (exact) mass is 308 g/mol. The molecule has 6 heteroatoms. The third-order valence-corrected chi connectivity index (χ3v) is 4.13. The maximum absolute atomic E-state index is 11.8. The van der Waals surface area contributed by atoms with Crippen molar-refractivity contribution in [2.75, 3.05) is 7.11 Å². The van der Waals surface area contributed by atoms with Crippen molar-refractivity contribution in [1.82, 2.24) is 0 Å². The second kappa shape index (κ2) is 6.58. The van der Waals surface area contributed by atoms with Crippen molar-refractivity contribution in [2.45, 2.75) is 25.7 Å². The smallest absolute Gasteiger partial charge is 0.377 e. The molecule has 0 fully saturated rings. The van der Waals surface area contributed by atoms with Crippen LogP contribution >= 0.6 is 11.3 Å². The molecule has 2 rings (SSSR count). The quantitative estimate of drug-likeness (QED) is 0.526. The molecule has 0 saturated heterocycles. The Balaban J connectivity index is 2.18. The van der Waals surface area contributed by atoms with Gasteiger partial charge in [0.05, 0.1) is 7.11 Å². The van der Waals surface area contributed by atoms with E-state index >= 15 is 0 Å². The molecule has 1 aromatic rings. The zero-order valence-corrected chi connectivity index (χ0v) is 12.6. The Labute approximate surface area is 126 Å². The van der Waals surface area contributed by atoms with E-state index in [-0.39, 0.29) is 23.2 Å². The molecule has 0 saturated carbocycles. The van der Waals surface area contributed by atoms with E-state index in [1.165, 1.54) is 20.1 Å². The van der Waals surface area contributed by atoms with E-state index in [0.717, 1.165) is 4.88 Å². The van der Waals surface area contributed by atoms with Crippen molar-refractivity contribution in [2.24, 2.45) is 0 Å². The van der Waals surface area contributed by atoms with Gasteiger partial charge in [0.2, 0.25) is 5.76 Å². The summed E-state index contributed by atoms with van der Waals surface area (Å²) in [6, 6.07) is 3.90. The molecule has 1 aliphatic carbocycles. The number of carbonyl (C=O) groups excluding carboxylic acids is 2. The minimum Gasteiger partial charge on any atom is -0.508 e. The van der Waals surface area contributed by atoms with Crippen LogP contribution in [0.15, 0.2) is 40.9 Å². The lowest BCUT2D eigenvalue weighted by Gasteiger charge is -2.21. The molecule has 0 aromatic carbocycles. The van der Waals surface area contributed by atoms with Gasteiger partial charge in [0.15, 0.2) is 5.78 Å². The summed E-state index contributed by atoms with van der Waals surface area (Å²) in [7, 11) is 1.20. The minimum atomic E-state index is -0.776. The summed E-state index contributed by atoms with van der Waals surface area (Å²) in [5.74, 6) is -1.01. The van der Waals surface area contributed by atoms with Gasteiger partial charge in [-0.1, -0.05) is 6.07 Å². The van der Waals surface area contributed by atoms with Crippen molar-refractivity contribution in [3.8, 4) is 0 Å². The Hall–Kier alpha value is -2.08. The highest BCUT2D eigenvalue weighted by molar-refractivity contribution is 7.10. The standard InChI is InChI=1S/C15H16O5S/c1-9(16)14(15(18)19-2)20-12-7-10(6-11(17)8-12)13-4-3-5-21-13/h3-5,8,10,16H,6-7H2,1-2H3/b14-9+. The lowest BCUT2D eigenvalue weighted by molar-refractivity contribution is -0.140. The fraction of sp³-hybridized carbons (Fsp3) is 0.333. The molecule has 1 aliphatic rings. The van der Waals surface area contributed by atoms with Gasteiger partial charge in [0, 0.05) is 29.7 Å². The summed E-state index contributed by atoms with van der Waals surface area (Å²) in [5.41, 5.74) is 0. The predicted octanol–water partition coefficient (Wildman–Crippen LogP) is 3.06. The maximum Gasteiger partial charge on any atom is 0.377 e. The molecule has 0 aliphatic heterocycles. The van der Waals surface area contributed by atoms with Gasteiger partial charge < -0.3 is 14.6 Å². The molecule has 5 nitrogen and oxygen atoms in total. The van der Waals surface area contributed by atoms with E-state index in [9.17, 15) is 14.7 Å². The molecule has 1 aromatic heterocycles. The fourth-order valence-electron chi connectivity index (χ4n) is 2.14. The summed E-state index contributed by atoms with van der Waals surface area (Å²) >= 11 is 1.58. The normalized spacial score (nSPS) is 19.6. The molecule has 0 radical (unpaired) electrons. The number of hydrogen-bond acceptors (Lipinski definition) is 6. The Kier molecular flexibility index (Phi) is 4.80. The van der Waals surface area contributed by atoms with E-state index in [0.29, 0.717) is 18.6 Å². The second-order valence-corrected chi connectivity index (χ2v) is 5.69. The fourth-order valence-corrected chi connectivity index (χ4v) is 2.97. The number of ether oxygens (including phenoxy) is 2. The average molecular weight is 308 g/mol. The molecule has 1 unspecified atom stereocenters. The Morgan fingerprint density at radius 1 is 1.43 bits per heavy atom.